The largest absolute Gasteiger partial charge is 2.00 e. The molecule has 0 aliphatic carbocycles. The van der Waals surface area contributed by atoms with Gasteiger partial charge in [-0.2, -0.15) is 0 Å². The second kappa shape index (κ2) is 55.6. The van der Waals surface area contributed by atoms with E-state index in [9.17, 15) is 0 Å². The molecular formula is H12CaI2O12. The van der Waals surface area contributed by atoms with E-state index in [0.717, 1.165) is 0 Å². The Morgan fingerprint density at radius 3 is 0.400 bits per heavy atom. The van der Waals surface area contributed by atoms with Crippen LogP contribution in [0.15, 0.2) is 0 Å². The summed E-state index contributed by atoms with van der Waals surface area (Å²) < 4.78 is 51.4. The number of hydrogen-bond acceptors (Lipinski definition) is 6. The molecule has 0 saturated carbocycles. The van der Waals surface area contributed by atoms with Gasteiger partial charge in [-0.05, 0) is 0 Å². The van der Waals surface area contributed by atoms with Crippen LogP contribution in [0.4, 0.5) is 0 Å². The molecule has 0 aliphatic heterocycles. The molecule has 12 N–H and O–H groups in total. The zero-order valence-corrected chi connectivity index (χ0v) is 13.4. The van der Waals surface area contributed by atoms with Gasteiger partial charge in [0.1, 0.15) is 0 Å². The zero-order valence-electron chi connectivity index (χ0n) is 6.91. The Kier molecular flexibility index (Phi) is 248. The van der Waals surface area contributed by atoms with Crippen molar-refractivity contribution in [2.24, 2.45) is 0 Å². The van der Waals surface area contributed by atoms with Crippen LogP contribution in [0.2, 0.25) is 0 Å². The van der Waals surface area contributed by atoms with Gasteiger partial charge in [0.05, 0.1) is 0 Å². The third-order valence-electron chi connectivity index (χ3n) is 0. The maximum Gasteiger partial charge on any atom is 2.00 e. The van der Waals surface area contributed by atoms with Crippen LogP contribution in [0, 0.1) is 0 Å². The van der Waals surface area contributed by atoms with Crippen molar-refractivity contribution in [1.82, 2.24) is 0 Å². The third-order valence-corrected chi connectivity index (χ3v) is 0. The van der Waals surface area contributed by atoms with Crippen molar-refractivity contribution in [2.75, 3.05) is 0 Å². The van der Waals surface area contributed by atoms with Crippen molar-refractivity contribution in [3.05, 3.63) is 0 Å². The van der Waals surface area contributed by atoms with E-state index in [1.807, 2.05) is 0 Å². The van der Waals surface area contributed by atoms with E-state index in [4.69, 9.17) is 20.6 Å². The molecule has 100 valence electrons. The van der Waals surface area contributed by atoms with Crippen molar-refractivity contribution in [1.29, 1.82) is 0 Å². The summed E-state index contributed by atoms with van der Waals surface area (Å²) in [5.41, 5.74) is 0. The van der Waals surface area contributed by atoms with E-state index in [2.05, 4.69) is 0 Å². The number of hydrogen-bond donors (Lipinski definition) is 0. The molecule has 0 heterocycles. The average Bonchev–Trinajstić information content (AvgIpc) is 1.25. The Balaban J connectivity index is -0.00000000468. The predicted molar refractivity (Wildman–Crippen MR) is 27.4 cm³/mol. The van der Waals surface area contributed by atoms with E-state index in [0.29, 0.717) is 0 Å². The molecule has 0 saturated heterocycles. The van der Waals surface area contributed by atoms with E-state index in [1.54, 1.807) is 0 Å². The van der Waals surface area contributed by atoms with Gasteiger partial charge in [-0.15, -0.1) is 0 Å². The molecule has 0 radical (unpaired) electrons. The van der Waals surface area contributed by atoms with Gasteiger partial charge in [0.2, 0.25) is 0 Å². The van der Waals surface area contributed by atoms with Gasteiger partial charge in [-0.25, -0.2) is 0 Å². The van der Waals surface area contributed by atoms with Gasteiger partial charge in [0.15, 0.2) is 0 Å². The molecule has 0 aromatic carbocycles. The number of halogens is 2. The SMILES string of the molecule is O.O.O.O.O.O.[Ca+2].[O-][I+2]([O-])[O-].[O-][I+2]([O-])[O-]. The smallest absolute Gasteiger partial charge is 0.427 e. The molecule has 0 aromatic heterocycles. The normalized spacial score (nSPS) is 4.80. The summed E-state index contributed by atoms with van der Waals surface area (Å²) in [4.78, 5) is 0. The molecule has 0 aromatic rings. The van der Waals surface area contributed by atoms with E-state index >= 15 is 0 Å². The van der Waals surface area contributed by atoms with E-state index in [1.165, 1.54) is 0 Å². The van der Waals surface area contributed by atoms with Gasteiger partial charge in [0, 0.05) is 0 Å². The summed E-state index contributed by atoms with van der Waals surface area (Å²) in [5, 5.41) is 0. The van der Waals surface area contributed by atoms with Crippen molar-refractivity contribution in [3.63, 3.8) is 0 Å². The molecule has 0 aliphatic rings. The van der Waals surface area contributed by atoms with Gasteiger partial charge in [0.25, 0.3) is 42.1 Å². The van der Waals surface area contributed by atoms with Crippen molar-refractivity contribution < 1.29 is 95.6 Å². The minimum atomic E-state index is -4.01. The van der Waals surface area contributed by atoms with Gasteiger partial charge in [-0.3, -0.25) is 0 Å². The molecule has 0 spiro atoms. The van der Waals surface area contributed by atoms with Crippen LogP contribution < -0.4 is 62.7 Å². The predicted octanol–water partition coefficient (Wildman–Crippen LogP) is -18.5. The van der Waals surface area contributed by atoms with Crippen LogP contribution in [0.25, 0.3) is 0 Å². The quantitative estimate of drug-likeness (QED) is 0.230. The summed E-state index contributed by atoms with van der Waals surface area (Å²) in [6.07, 6.45) is 0. The first kappa shape index (κ1) is 67.0. The molecule has 0 atom stereocenters. The Labute approximate surface area is 131 Å². The molecule has 0 fully saturated rings. The fourth-order valence-corrected chi connectivity index (χ4v) is 0. The molecule has 12 nitrogen and oxygen atoms in total. The summed E-state index contributed by atoms with van der Waals surface area (Å²) in [6.45, 7) is 0. The summed E-state index contributed by atoms with van der Waals surface area (Å²) in [5.74, 6) is 0. The van der Waals surface area contributed by atoms with Crippen LogP contribution in [-0.4, -0.2) is 70.6 Å². The minimum absolute atomic E-state index is 0. The molecule has 15 heavy (non-hydrogen) atoms. The molecular weight excluding hydrogens is 486 g/mol. The summed E-state index contributed by atoms with van der Waals surface area (Å²) in [7, 11) is 0. The van der Waals surface area contributed by atoms with Crippen LogP contribution in [0.1, 0.15) is 0 Å². The first-order valence-electron chi connectivity index (χ1n) is 0.926. The van der Waals surface area contributed by atoms with Crippen LogP contribution in [0.3, 0.4) is 0 Å². The Bertz CT molecular complexity index is 29.1. The molecule has 0 unspecified atom stereocenters. The first-order valence-corrected chi connectivity index (χ1v) is 6.21. The first-order chi connectivity index (χ1) is 3.46. The molecule has 0 bridgehead atoms. The fraction of sp³-hybridized carbons (Fsp3) is 0. The van der Waals surface area contributed by atoms with Gasteiger partial charge >= 0.3 is 37.7 Å². The second-order valence-corrected chi connectivity index (χ2v) is 2.54. The second-order valence-electron chi connectivity index (χ2n) is 0.378. The maximum absolute atomic E-state index is 8.57. The van der Waals surface area contributed by atoms with E-state index in [-0.39, 0.29) is 70.6 Å². The Morgan fingerprint density at radius 1 is 0.400 bits per heavy atom. The van der Waals surface area contributed by atoms with Crippen LogP contribution >= 0.6 is 0 Å². The monoisotopic (exact) mass is 498 g/mol. The third kappa shape index (κ3) is 656. The fourth-order valence-electron chi connectivity index (χ4n) is 0. The molecule has 0 rings (SSSR count). The summed E-state index contributed by atoms with van der Waals surface area (Å²) >= 11 is -8.03. The zero-order chi connectivity index (χ0) is 7.15. The van der Waals surface area contributed by atoms with Gasteiger partial charge < -0.3 is 53.5 Å². The van der Waals surface area contributed by atoms with Crippen molar-refractivity contribution in [3.8, 4) is 0 Å². The number of rotatable bonds is 0. The van der Waals surface area contributed by atoms with Crippen molar-refractivity contribution >= 4 is 37.7 Å². The van der Waals surface area contributed by atoms with E-state index < -0.39 is 42.1 Å². The van der Waals surface area contributed by atoms with Crippen LogP contribution in [0.5, 0.6) is 0 Å². The summed E-state index contributed by atoms with van der Waals surface area (Å²) in [6, 6.07) is 0. The average molecular weight is 498 g/mol. The Hall–Kier alpha value is 2.24. The standard InChI is InChI=1S/Ca.2IO3.6H2O/c;2*2-1(3)4;;;;;;/h;;;6*1H2/q+2;2*-1;;;;;;. The minimum Gasteiger partial charge on any atom is -0.427 e. The maximum atomic E-state index is 8.57. The Morgan fingerprint density at radius 2 is 0.400 bits per heavy atom. The molecule has 0 amide bonds. The van der Waals surface area contributed by atoms with Crippen molar-refractivity contribution in [2.45, 2.75) is 0 Å². The van der Waals surface area contributed by atoms with Crippen LogP contribution in [-0.2, 0) is 0 Å². The topological polar surface area (TPSA) is 327 Å². The van der Waals surface area contributed by atoms with Gasteiger partial charge in [-0.1, -0.05) is 0 Å². The molecule has 15 heteroatoms.